The summed E-state index contributed by atoms with van der Waals surface area (Å²) in [5, 5.41) is 2.47. The van der Waals surface area contributed by atoms with Gasteiger partial charge in [0.1, 0.15) is 0 Å². The van der Waals surface area contributed by atoms with Gasteiger partial charge in [-0.3, -0.25) is 4.98 Å². The molecule has 26 heavy (non-hydrogen) atoms. The van der Waals surface area contributed by atoms with Crippen LogP contribution >= 0.6 is 0 Å². The van der Waals surface area contributed by atoms with Gasteiger partial charge in [0.15, 0.2) is 0 Å². The maximum absolute atomic E-state index is 4.70. The molecule has 0 saturated heterocycles. The van der Waals surface area contributed by atoms with Crippen molar-refractivity contribution in [3.63, 3.8) is 0 Å². The van der Waals surface area contributed by atoms with Crippen molar-refractivity contribution in [2.45, 2.75) is 46.0 Å². The van der Waals surface area contributed by atoms with E-state index in [-0.39, 0.29) is 0 Å². The number of benzene rings is 2. The van der Waals surface area contributed by atoms with E-state index in [4.69, 9.17) is 4.98 Å². The van der Waals surface area contributed by atoms with Crippen molar-refractivity contribution >= 4 is 16.3 Å². The molecule has 1 aliphatic rings. The molecule has 0 aliphatic heterocycles. The van der Waals surface area contributed by atoms with Gasteiger partial charge in [-0.2, -0.15) is 0 Å². The zero-order chi connectivity index (χ0) is 18.1. The van der Waals surface area contributed by atoms with E-state index in [0.717, 1.165) is 5.69 Å². The second-order valence-electron chi connectivity index (χ2n) is 7.83. The van der Waals surface area contributed by atoms with Gasteiger partial charge >= 0.3 is 0 Å². The Kier molecular flexibility index (Phi) is 4.63. The molecule has 1 fully saturated rings. The van der Waals surface area contributed by atoms with E-state index in [2.05, 4.69) is 62.9 Å². The van der Waals surface area contributed by atoms with Crippen molar-refractivity contribution in [3.8, 4) is 11.3 Å². The lowest BCUT2D eigenvalue weighted by Crippen LogP contribution is -2.07. The Morgan fingerprint density at radius 1 is 0.923 bits per heavy atom. The Morgan fingerprint density at radius 3 is 2.38 bits per heavy atom. The molecule has 1 aromatic heterocycles. The first kappa shape index (κ1) is 17.0. The van der Waals surface area contributed by atoms with Crippen LogP contribution in [-0.2, 0) is 0 Å². The molecule has 0 amide bonds. The predicted octanol–water partition coefficient (Wildman–Crippen LogP) is 7.11. The fourth-order valence-corrected chi connectivity index (χ4v) is 4.41. The third kappa shape index (κ3) is 3.31. The van der Waals surface area contributed by atoms with Gasteiger partial charge in [0.25, 0.3) is 0 Å². The van der Waals surface area contributed by atoms with Crippen LogP contribution in [0.1, 0.15) is 48.8 Å². The average molecular weight is 341 g/mol. The summed E-state index contributed by atoms with van der Waals surface area (Å²) < 4.78 is 0. The van der Waals surface area contributed by atoms with Gasteiger partial charge in [0.2, 0.25) is 0 Å². The van der Waals surface area contributed by atoms with Crippen LogP contribution in [0.2, 0.25) is 0 Å². The molecule has 3 aromatic rings. The number of aryl methyl sites for hydroxylation is 2. The zero-order valence-corrected chi connectivity index (χ0v) is 15.9. The maximum Gasteiger partial charge on any atom is 0.0780 e. The highest BCUT2D eigenvalue weighted by Crippen LogP contribution is 2.36. The smallest absolute Gasteiger partial charge is 0.0780 e. The highest BCUT2D eigenvalue weighted by Gasteiger charge is 2.18. The average Bonchev–Trinajstić information content (AvgIpc) is 2.66. The molecular formula is C25H27N. The van der Waals surface area contributed by atoms with E-state index in [1.54, 1.807) is 0 Å². The van der Waals surface area contributed by atoms with E-state index >= 15 is 0 Å². The standard InChI is InChI=1S/C25H27N/c1-17-13-18(2)15-23(14-17)25-24-10-9-21(16-22(24)11-12-26-25)19(3)20-7-5-4-6-8-20/h9-16,20H,3-8H2,1-2H3. The molecule has 2 aromatic carbocycles. The van der Waals surface area contributed by atoms with Crippen molar-refractivity contribution in [2.24, 2.45) is 5.92 Å². The van der Waals surface area contributed by atoms with Crippen molar-refractivity contribution in [2.75, 3.05) is 0 Å². The summed E-state index contributed by atoms with van der Waals surface area (Å²) >= 11 is 0. The second-order valence-corrected chi connectivity index (χ2v) is 7.83. The first-order valence-electron chi connectivity index (χ1n) is 9.78. The third-order valence-corrected chi connectivity index (χ3v) is 5.73. The van der Waals surface area contributed by atoms with Gasteiger partial charge in [-0.25, -0.2) is 0 Å². The minimum Gasteiger partial charge on any atom is -0.256 e. The fourth-order valence-electron chi connectivity index (χ4n) is 4.41. The van der Waals surface area contributed by atoms with Crippen LogP contribution in [0.25, 0.3) is 27.6 Å². The number of fused-ring (bicyclic) bond motifs is 1. The number of allylic oxidation sites excluding steroid dienone is 1. The van der Waals surface area contributed by atoms with E-state index in [1.807, 2.05) is 6.20 Å². The van der Waals surface area contributed by atoms with E-state index < -0.39 is 0 Å². The minimum absolute atomic E-state index is 0.655. The minimum atomic E-state index is 0.655. The van der Waals surface area contributed by atoms with E-state index in [9.17, 15) is 0 Å². The molecule has 132 valence electrons. The number of pyridine rings is 1. The molecule has 1 heterocycles. The second kappa shape index (κ2) is 7.07. The van der Waals surface area contributed by atoms with Gasteiger partial charge < -0.3 is 0 Å². The zero-order valence-electron chi connectivity index (χ0n) is 15.9. The molecule has 0 unspecified atom stereocenters. The molecule has 4 rings (SSSR count). The van der Waals surface area contributed by atoms with Crippen LogP contribution in [0.5, 0.6) is 0 Å². The summed E-state index contributed by atoms with van der Waals surface area (Å²) in [6.07, 6.45) is 8.59. The van der Waals surface area contributed by atoms with Crippen molar-refractivity contribution in [1.82, 2.24) is 4.98 Å². The Hall–Kier alpha value is -2.41. The van der Waals surface area contributed by atoms with Gasteiger partial charge in [-0.1, -0.05) is 55.2 Å². The monoisotopic (exact) mass is 341 g/mol. The summed E-state index contributed by atoms with van der Waals surface area (Å²) in [5.74, 6) is 0.655. The topological polar surface area (TPSA) is 12.9 Å². The summed E-state index contributed by atoms with van der Waals surface area (Å²) in [5.41, 5.74) is 7.44. The Morgan fingerprint density at radius 2 is 1.65 bits per heavy atom. The Labute approximate surface area is 156 Å². The van der Waals surface area contributed by atoms with E-state index in [1.165, 1.54) is 70.7 Å². The van der Waals surface area contributed by atoms with Crippen LogP contribution in [0.4, 0.5) is 0 Å². The first-order valence-corrected chi connectivity index (χ1v) is 9.78. The fraction of sp³-hybridized carbons (Fsp3) is 0.320. The lowest BCUT2D eigenvalue weighted by molar-refractivity contribution is 0.430. The van der Waals surface area contributed by atoms with E-state index in [0.29, 0.717) is 5.92 Å². The van der Waals surface area contributed by atoms with Crippen molar-refractivity contribution in [3.05, 3.63) is 71.9 Å². The summed E-state index contributed by atoms with van der Waals surface area (Å²) in [4.78, 5) is 4.70. The summed E-state index contributed by atoms with van der Waals surface area (Å²) in [6.45, 7) is 8.74. The molecule has 0 radical (unpaired) electrons. The van der Waals surface area contributed by atoms with Crippen molar-refractivity contribution < 1.29 is 0 Å². The predicted molar refractivity (Wildman–Crippen MR) is 112 cm³/mol. The maximum atomic E-state index is 4.70. The van der Waals surface area contributed by atoms with Gasteiger partial charge in [-0.05, 0) is 73.4 Å². The van der Waals surface area contributed by atoms with Crippen LogP contribution in [0.3, 0.4) is 0 Å². The molecule has 1 nitrogen and oxygen atoms in total. The van der Waals surface area contributed by atoms with Crippen LogP contribution < -0.4 is 0 Å². The third-order valence-electron chi connectivity index (χ3n) is 5.73. The lowest BCUT2D eigenvalue weighted by atomic mass is 9.81. The number of rotatable bonds is 3. The molecule has 0 N–H and O–H groups in total. The molecule has 0 spiro atoms. The summed E-state index contributed by atoms with van der Waals surface area (Å²) in [6, 6.07) is 15.6. The largest absolute Gasteiger partial charge is 0.256 e. The molecule has 1 saturated carbocycles. The molecule has 0 bridgehead atoms. The Balaban J connectivity index is 1.75. The number of nitrogens with zero attached hydrogens (tertiary/aromatic N) is 1. The highest BCUT2D eigenvalue weighted by molar-refractivity contribution is 5.96. The first-order chi connectivity index (χ1) is 12.6. The molecule has 1 heteroatoms. The van der Waals surface area contributed by atoms with Crippen LogP contribution in [0.15, 0.2) is 55.2 Å². The number of hydrogen-bond acceptors (Lipinski definition) is 1. The van der Waals surface area contributed by atoms with Crippen LogP contribution in [-0.4, -0.2) is 4.98 Å². The van der Waals surface area contributed by atoms with Gasteiger partial charge in [-0.15, -0.1) is 0 Å². The molecular weight excluding hydrogens is 314 g/mol. The SMILES string of the molecule is C=C(c1ccc2c(-c3cc(C)cc(C)c3)nccc2c1)C1CCCCC1. The van der Waals surface area contributed by atoms with Gasteiger partial charge in [0.05, 0.1) is 5.69 Å². The molecule has 0 atom stereocenters. The quantitative estimate of drug-likeness (QED) is 0.494. The number of aromatic nitrogens is 1. The highest BCUT2D eigenvalue weighted by atomic mass is 14.7. The summed E-state index contributed by atoms with van der Waals surface area (Å²) in [7, 11) is 0. The van der Waals surface area contributed by atoms with Gasteiger partial charge in [0, 0.05) is 17.1 Å². The normalized spacial score (nSPS) is 15.3. The molecule has 1 aliphatic carbocycles. The van der Waals surface area contributed by atoms with Crippen molar-refractivity contribution in [1.29, 1.82) is 0 Å². The Bertz CT molecular complexity index is 941. The van der Waals surface area contributed by atoms with Crippen LogP contribution in [0, 0.1) is 19.8 Å². The number of hydrogen-bond donors (Lipinski definition) is 0. The lowest BCUT2D eigenvalue weighted by Gasteiger charge is -2.24.